The van der Waals surface area contributed by atoms with Gasteiger partial charge in [-0.25, -0.2) is 28.6 Å². The molecule has 2 saturated heterocycles. The van der Waals surface area contributed by atoms with Crippen LogP contribution in [-0.2, 0) is 27.2 Å². The third-order valence-corrected chi connectivity index (χ3v) is 9.50. The first-order valence-electron chi connectivity index (χ1n) is 12.7. The van der Waals surface area contributed by atoms with Crippen molar-refractivity contribution in [2.45, 2.75) is 50.0 Å². The van der Waals surface area contributed by atoms with Crippen LogP contribution in [0, 0.1) is 0 Å². The third-order valence-electron chi connectivity index (χ3n) is 6.89. The highest BCUT2D eigenvalue weighted by Crippen LogP contribution is 2.60. The number of ether oxygens (including phenoxy) is 1. The molecule has 5 heterocycles. The molecule has 3 aromatic rings. The first kappa shape index (κ1) is 30.7. The molecule has 2 fully saturated rings. The summed E-state index contributed by atoms with van der Waals surface area (Å²) in [5, 5.41) is 24.0. The number of phosphoric acid groups is 2. The Kier molecular flexibility index (Phi) is 8.85. The number of phosphoric ester groups is 2. The molecule has 4 unspecified atom stereocenters. The highest BCUT2D eigenvalue weighted by atomic mass is 31.3. The van der Waals surface area contributed by atoms with Crippen LogP contribution in [0.2, 0.25) is 0 Å². The van der Waals surface area contributed by atoms with Gasteiger partial charge in [0.1, 0.15) is 30.2 Å². The molecule has 0 aromatic carbocycles. The molecule has 228 valence electrons. The van der Waals surface area contributed by atoms with E-state index in [4.69, 9.17) is 19.5 Å². The van der Waals surface area contributed by atoms with E-state index >= 15 is 0 Å². The number of carbonyl (C=O) groups excluding carboxylic acids is 1. The van der Waals surface area contributed by atoms with Gasteiger partial charge in [0.25, 0.3) is 0 Å². The molecule has 2 aliphatic heterocycles. The molecule has 3 aromatic heterocycles. The molecule has 5 rings (SSSR count). The number of nitrogen functional groups attached to an aromatic ring is 1. The van der Waals surface area contributed by atoms with Crippen LogP contribution in [0.1, 0.15) is 36.0 Å². The number of fused-ring (bicyclic) bond motifs is 1. The molecule has 8 atom stereocenters. The molecule has 0 radical (unpaired) electrons. The van der Waals surface area contributed by atoms with E-state index < -0.39 is 52.8 Å². The van der Waals surface area contributed by atoms with Gasteiger partial charge >= 0.3 is 15.6 Å². The monoisotopic (exact) mass is 630 g/mol. The van der Waals surface area contributed by atoms with Crippen LogP contribution < -0.4 is 15.6 Å². The van der Waals surface area contributed by atoms with Crippen LogP contribution in [0.5, 0.6) is 0 Å². The number of imidazole rings is 1. The second-order valence-electron chi connectivity index (χ2n) is 9.83. The van der Waals surface area contributed by atoms with Crippen molar-refractivity contribution in [3.8, 4) is 0 Å². The molecular weight excluding hydrogens is 600 g/mol. The van der Waals surface area contributed by atoms with Crippen LogP contribution in [0.25, 0.3) is 11.2 Å². The predicted molar refractivity (Wildman–Crippen MR) is 140 cm³/mol. The maximum Gasteiger partial charge on any atom is 0.481 e. The molecule has 20 heteroatoms. The summed E-state index contributed by atoms with van der Waals surface area (Å²) in [6, 6.07) is 2.98. The minimum absolute atomic E-state index is 0.0636. The summed E-state index contributed by atoms with van der Waals surface area (Å²) in [6.07, 6.45) is 0.766. The Morgan fingerprint density at radius 1 is 1.19 bits per heavy atom. The fourth-order valence-electron chi connectivity index (χ4n) is 4.76. The number of nitrogens with zero attached hydrogens (tertiary/aromatic N) is 5. The van der Waals surface area contributed by atoms with E-state index in [0.717, 1.165) is 0 Å². The van der Waals surface area contributed by atoms with Gasteiger partial charge in [-0.05, 0) is 13.0 Å². The van der Waals surface area contributed by atoms with Crippen molar-refractivity contribution in [3.05, 3.63) is 42.7 Å². The second-order valence-corrected chi connectivity index (χ2v) is 12.9. The summed E-state index contributed by atoms with van der Waals surface area (Å²) in [7, 11) is -10.3. The van der Waals surface area contributed by atoms with Crippen molar-refractivity contribution in [2.75, 3.05) is 25.5 Å². The second kappa shape index (κ2) is 12.1. The summed E-state index contributed by atoms with van der Waals surface area (Å²) >= 11 is 0. The molecular formula is C22H30N7O11P2+. The smallest absolute Gasteiger partial charge is 0.387 e. The van der Waals surface area contributed by atoms with Gasteiger partial charge in [-0.3, -0.25) is 18.4 Å². The molecule has 0 spiro atoms. The highest BCUT2D eigenvalue weighted by molar-refractivity contribution is 7.61. The number of aromatic nitrogens is 5. The van der Waals surface area contributed by atoms with E-state index in [-0.39, 0.29) is 35.4 Å². The van der Waals surface area contributed by atoms with Crippen molar-refractivity contribution in [3.63, 3.8) is 0 Å². The van der Waals surface area contributed by atoms with Crippen LogP contribution in [-0.4, -0.2) is 89.4 Å². The first-order chi connectivity index (χ1) is 19.8. The van der Waals surface area contributed by atoms with Crippen LogP contribution in [0.3, 0.4) is 0 Å². The molecule has 0 bridgehead atoms. The zero-order valence-electron chi connectivity index (χ0n) is 22.1. The number of aliphatic hydroxyl groups excluding tert-OH is 2. The van der Waals surface area contributed by atoms with E-state index in [2.05, 4.69) is 24.6 Å². The SMILES string of the molecule is CC(=O)c1ccc[n+](C2CN[C@H](COP(=O)(O)OP(=O)(O)OC[C@H]3OC(n4cnc5c(N)ncnc54)[C@H](O)[C@@H]3O)C2)c1. The number of Topliss-reactive ketones (excluding diaryl/α,β-unsaturated/α-hetero) is 1. The Labute approximate surface area is 238 Å². The average molecular weight is 630 g/mol. The van der Waals surface area contributed by atoms with Crippen LogP contribution in [0.15, 0.2) is 37.2 Å². The topological polar surface area (TPSA) is 255 Å². The number of nitrogens with two attached hydrogens (primary N) is 1. The lowest BCUT2D eigenvalue weighted by atomic mass is 10.1. The standard InChI is InChI=1S/C22H29N7O11P2/c1-12(30)13-3-2-4-28(7-13)15-5-14(24-6-15)8-37-41(33,34)40-42(35,36)38-9-16-18(31)19(32)22(39-16)29-11-27-17-20(23)25-10-26-21(17)29/h2-4,7,10-11,14-16,18-19,22,24,31-32H,5-6,8-9H2,1H3,(H3-,23,25,26,33,34,35,36)/p+1/t14-,15?,16+,18+,19+,22?/m0/s1. The Morgan fingerprint density at radius 3 is 2.67 bits per heavy atom. The Hall–Kier alpha value is -2.73. The number of ketones is 1. The van der Waals surface area contributed by atoms with Gasteiger partial charge in [0.15, 0.2) is 41.9 Å². The normalized spacial score (nSPS) is 29.0. The first-order valence-corrected chi connectivity index (χ1v) is 15.7. The maximum atomic E-state index is 12.4. The van der Waals surface area contributed by atoms with Gasteiger partial charge in [0, 0.05) is 18.5 Å². The van der Waals surface area contributed by atoms with Crippen molar-refractivity contribution >= 4 is 38.4 Å². The molecule has 0 aliphatic carbocycles. The fraction of sp³-hybridized carbons (Fsp3) is 0.500. The minimum atomic E-state index is -5.20. The van der Waals surface area contributed by atoms with Gasteiger partial charge < -0.3 is 35.8 Å². The lowest BCUT2D eigenvalue weighted by Gasteiger charge is -2.20. The molecule has 7 N–H and O–H groups in total. The Balaban J connectivity index is 1.12. The van der Waals surface area contributed by atoms with Gasteiger partial charge in [-0.2, -0.15) is 4.31 Å². The molecule has 2 aliphatic rings. The van der Waals surface area contributed by atoms with E-state index in [1.54, 1.807) is 24.5 Å². The van der Waals surface area contributed by atoms with Gasteiger partial charge in [0.05, 0.1) is 31.6 Å². The number of nitrogens with one attached hydrogen (secondary N) is 1. The quantitative estimate of drug-likeness (QED) is 0.0876. The lowest BCUT2D eigenvalue weighted by molar-refractivity contribution is -0.719. The number of aliphatic hydroxyl groups is 2. The maximum absolute atomic E-state index is 12.4. The van der Waals surface area contributed by atoms with E-state index in [9.17, 15) is 33.9 Å². The minimum Gasteiger partial charge on any atom is -0.387 e. The van der Waals surface area contributed by atoms with E-state index in [1.165, 1.54) is 24.1 Å². The fourth-order valence-corrected chi connectivity index (χ4v) is 6.89. The summed E-state index contributed by atoms with van der Waals surface area (Å²) in [5.74, 6) is 0.00395. The number of rotatable bonds is 11. The zero-order valence-corrected chi connectivity index (χ0v) is 23.9. The average Bonchev–Trinajstić information content (AvgIpc) is 3.65. The molecule has 18 nitrogen and oxygen atoms in total. The Morgan fingerprint density at radius 2 is 1.93 bits per heavy atom. The van der Waals surface area contributed by atoms with Crippen molar-refractivity contribution < 1.29 is 56.6 Å². The molecule has 42 heavy (non-hydrogen) atoms. The number of anilines is 1. The third kappa shape index (κ3) is 6.74. The number of hydrogen-bond acceptors (Lipinski definition) is 14. The van der Waals surface area contributed by atoms with Gasteiger partial charge in [-0.15, -0.1) is 0 Å². The van der Waals surface area contributed by atoms with Crippen molar-refractivity contribution in [2.24, 2.45) is 0 Å². The number of hydrogen-bond donors (Lipinski definition) is 6. The number of pyridine rings is 1. The molecule has 0 amide bonds. The summed E-state index contributed by atoms with van der Waals surface area (Å²) in [4.78, 5) is 43.7. The van der Waals surface area contributed by atoms with Gasteiger partial charge in [-0.1, -0.05) is 0 Å². The highest BCUT2D eigenvalue weighted by Gasteiger charge is 2.46. The summed E-state index contributed by atoms with van der Waals surface area (Å²) in [5.41, 5.74) is 6.75. The largest absolute Gasteiger partial charge is 0.481 e. The van der Waals surface area contributed by atoms with Crippen molar-refractivity contribution in [1.29, 1.82) is 0 Å². The number of carbonyl (C=O) groups is 1. The lowest BCUT2D eigenvalue weighted by Crippen LogP contribution is -2.40. The van der Waals surface area contributed by atoms with E-state index in [1.807, 2.05) is 4.57 Å². The van der Waals surface area contributed by atoms with Gasteiger partial charge in [0.2, 0.25) is 0 Å². The molecule has 0 saturated carbocycles. The van der Waals surface area contributed by atoms with Crippen molar-refractivity contribution in [1.82, 2.24) is 24.8 Å². The Bertz CT molecular complexity index is 1560. The van der Waals surface area contributed by atoms with Crippen LogP contribution >= 0.6 is 15.6 Å². The zero-order chi connectivity index (χ0) is 30.2. The van der Waals surface area contributed by atoms with E-state index in [0.29, 0.717) is 18.5 Å². The summed E-state index contributed by atoms with van der Waals surface area (Å²) in [6.45, 7) is 0.825. The predicted octanol–water partition coefficient (Wildman–Crippen LogP) is -0.628. The van der Waals surface area contributed by atoms with Crippen LogP contribution in [0.4, 0.5) is 5.82 Å². The summed E-state index contributed by atoms with van der Waals surface area (Å²) < 4.78 is 47.7.